The van der Waals surface area contributed by atoms with Gasteiger partial charge in [0.15, 0.2) is 0 Å². The quantitative estimate of drug-likeness (QED) is 0.762. The molecule has 1 spiro atoms. The fraction of sp³-hybridized carbons (Fsp3) is 0.917. The topological polar surface area (TPSA) is 38.3 Å². The molecular weight excluding hydrogens is 190 g/mol. The Hall–Kier alpha value is -0.730. The normalized spacial score (nSPS) is 35.7. The third kappa shape index (κ3) is 2.44. The van der Waals surface area contributed by atoms with Gasteiger partial charge in [0.1, 0.15) is 5.60 Å². The number of carbonyl (C=O) groups excluding carboxylic acids is 1. The molecule has 0 bridgehead atoms. The van der Waals surface area contributed by atoms with E-state index in [-0.39, 0.29) is 11.7 Å². The summed E-state index contributed by atoms with van der Waals surface area (Å²) in [5.41, 5.74) is -0.158. The lowest BCUT2D eigenvalue weighted by molar-refractivity contribution is 0.00368. The van der Waals surface area contributed by atoms with E-state index in [2.05, 4.69) is 19.2 Å². The van der Waals surface area contributed by atoms with Crippen molar-refractivity contribution < 1.29 is 9.53 Å². The van der Waals surface area contributed by atoms with Crippen molar-refractivity contribution in [1.82, 2.24) is 5.32 Å². The summed E-state index contributed by atoms with van der Waals surface area (Å²) in [6, 6.07) is 0. The molecule has 2 unspecified atom stereocenters. The Kier molecular flexibility index (Phi) is 2.89. The van der Waals surface area contributed by atoms with Crippen molar-refractivity contribution in [3.8, 4) is 0 Å². The SMILES string of the molecule is CC(C)CC1CCCC2(CNC(=O)O2)C1. The van der Waals surface area contributed by atoms with Crippen LogP contribution in [0.1, 0.15) is 46.0 Å². The van der Waals surface area contributed by atoms with Crippen molar-refractivity contribution in [2.45, 2.75) is 51.6 Å². The van der Waals surface area contributed by atoms with Crippen molar-refractivity contribution in [2.75, 3.05) is 6.54 Å². The van der Waals surface area contributed by atoms with Crippen molar-refractivity contribution in [3.63, 3.8) is 0 Å². The van der Waals surface area contributed by atoms with Crippen molar-refractivity contribution >= 4 is 6.09 Å². The van der Waals surface area contributed by atoms with Gasteiger partial charge in [-0.2, -0.15) is 0 Å². The summed E-state index contributed by atoms with van der Waals surface area (Å²) in [4.78, 5) is 11.1. The highest BCUT2D eigenvalue weighted by Crippen LogP contribution is 2.39. The molecule has 3 heteroatoms. The molecule has 2 aliphatic rings. The van der Waals surface area contributed by atoms with Crippen LogP contribution in [0.4, 0.5) is 4.79 Å². The molecule has 1 amide bonds. The van der Waals surface area contributed by atoms with Gasteiger partial charge in [0, 0.05) is 0 Å². The Morgan fingerprint density at radius 3 is 3.00 bits per heavy atom. The summed E-state index contributed by atoms with van der Waals surface area (Å²) in [5.74, 6) is 1.49. The first-order valence-electron chi connectivity index (χ1n) is 6.06. The van der Waals surface area contributed by atoms with Crippen LogP contribution in [-0.4, -0.2) is 18.2 Å². The van der Waals surface area contributed by atoms with Gasteiger partial charge < -0.3 is 10.1 Å². The maximum atomic E-state index is 11.1. The van der Waals surface area contributed by atoms with Crippen LogP contribution in [0.3, 0.4) is 0 Å². The fourth-order valence-electron chi connectivity index (χ4n) is 3.07. The maximum Gasteiger partial charge on any atom is 0.407 e. The van der Waals surface area contributed by atoms with Crippen LogP contribution in [-0.2, 0) is 4.74 Å². The van der Waals surface area contributed by atoms with Gasteiger partial charge in [-0.05, 0) is 37.5 Å². The molecule has 1 aliphatic heterocycles. The van der Waals surface area contributed by atoms with E-state index in [0.29, 0.717) is 0 Å². The number of ether oxygens (including phenoxy) is 1. The van der Waals surface area contributed by atoms with Gasteiger partial charge in [-0.15, -0.1) is 0 Å². The highest BCUT2D eigenvalue weighted by molar-refractivity contribution is 5.70. The molecule has 2 fully saturated rings. The van der Waals surface area contributed by atoms with Crippen LogP contribution < -0.4 is 5.32 Å². The summed E-state index contributed by atoms with van der Waals surface area (Å²) in [5, 5.41) is 2.79. The van der Waals surface area contributed by atoms with Gasteiger partial charge in [-0.25, -0.2) is 4.79 Å². The number of alkyl carbamates (subject to hydrolysis) is 1. The van der Waals surface area contributed by atoms with E-state index in [1.165, 1.54) is 19.3 Å². The molecule has 2 atom stereocenters. The highest BCUT2D eigenvalue weighted by atomic mass is 16.6. The number of rotatable bonds is 2. The monoisotopic (exact) mass is 211 g/mol. The first-order chi connectivity index (χ1) is 7.10. The van der Waals surface area contributed by atoms with E-state index in [1.54, 1.807) is 0 Å². The molecule has 1 aliphatic carbocycles. The number of hydrogen-bond donors (Lipinski definition) is 1. The predicted octanol–water partition coefficient (Wildman–Crippen LogP) is 2.70. The third-order valence-electron chi connectivity index (χ3n) is 3.57. The summed E-state index contributed by atoms with van der Waals surface area (Å²) < 4.78 is 5.45. The van der Waals surface area contributed by atoms with E-state index in [9.17, 15) is 4.79 Å². The Morgan fingerprint density at radius 1 is 1.60 bits per heavy atom. The standard InChI is InChI=1S/C12H21NO2/c1-9(2)6-10-4-3-5-12(7-10)8-13-11(14)15-12/h9-10H,3-8H2,1-2H3,(H,13,14). The van der Waals surface area contributed by atoms with Gasteiger partial charge in [-0.3, -0.25) is 0 Å². The van der Waals surface area contributed by atoms with E-state index >= 15 is 0 Å². The fourth-order valence-corrected chi connectivity index (χ4v) is 3.07. The molecule has 3 nitrogen and oxygen atoms in total. The number of hydrogen-bond acceptors (Lipinski definition) is 2. The number of carbonyl (C=O) groups is 1. The van der Waals surface area contributed by atoms with Crippen molar-refractivity contribution in [1.29, 1.82) is 0 Å². The second-order valence-electron chi connectivity index (χ2n) is 5.52. The molecule has 0 aromatic heterocycles. The van der Waals surface area contributed by atoms with Gasteiger partial charge in [0.05, 0.1) is 6.54 Å². The van der Waals surface area contributed by atoms with Crippen LogP contribution in [0.25, 0.3) is 0 Å². The molecule has 2 rings (SSSR count). The minimum Gasteiger partial charge on any atom is -0.441 e. The lowest BCUT2D eigenvalue weighted by Crippen LogP contribution is -2.39. The van der Waals surface area contributed by atoms with Crippen LogP contribution in [0.5, 0.6) is 0 Å². The van der Waals surface area contributed by atoms with Gasteiger partial charge in [0.25, 0.3) is 0 Å². The molecular formula is C12H21NO2. The molecule has 1 heterocycles. The molecule has 1 saturated carbocycles. The molecule has 0 radical (unpaired) electrons. The van der Waals surface area contributed by atoms with Gasteiger partial charge >= 0.3 is 6.09 Å². The van der Waals surface area contributed by atoms with E-state index in [0.717, 1.165) is 31.2 Å². The third-order valence-corrected chi connectivity index (χ3v) is 3.57. The first-order valence-corrected chi connectivity index (χ1v) is 6.06. The van der Waals surface area contributed by atoms with Crippen LogP contribution in [0.2, 0.25) is 0 Å². The minimum absolute atomic E-state index is 0.158. The van der Waals surface area contributed by atoms with Crippen LogP contribution >= 0.6 is 0 Å². The highest BCUT2D eigenvalue weighted by Gasteiger charge is 2.43. The Labute approximate surface area is 91.6 Å². The molecule has 1 N–H and O–H groups in total. The smallest absolute Gasteiger partial charge is 0.407 e. The average Bonchev–Trinajstić information content (AvgIpc) is 2.46. The second-order valence-corrected chi connectivity index (χ2v) is 5.52. The zero-order valence-corrected chi connectivity index (χ0v) is 9.71. The summed E-state index contributed by atoms with van der Waals surface area (Å²) in [6.45, 7) is 5.25. The predicted molar refractivity (Wildman–Crippen MR) is 58.6 cm³/mol. The van der Waals surface area contributed by atoms with E-state index in [4.69, 9.17) is 4.74 Å². The van der Waals surface area contributed by atoms with Gasteiger partial charge in [-0.1, -0.05) is 20.3 Å². The van der Waals surface area contributed by atoms with Crippen molar-refractivity contribution in [2.24, 2.45) is 11.8 Å². The molecule has 86 valence electrons. The summed E-state index contributed by atoms with van der Waals surface area (Å²) >= 11 is 0. The van der Waals surface area contributed by atoms with Gasteiger partial charge in [0.2, 0.25) is 0 Å². The summed E-state index contributed by atoms with van der Waals surface area (Å²) in [7, 11) is 0. The second kappa shape index (κ2) is 4.03. The number of nitrogens with one attached hydrogen (secondary N) is 1. The average molecular weight is 211 g/mol. The summed E-state index contributed by atoms with van der Waals surface area (Å²) in [6.07, 6.45) is 5.65. The lowest BCUT2D eigenvalue weighted by Gasteiger charge is -2.36. The maximum absolute atomic E-state index is 11.1. The van der Waals surface area contributed by atoms with E-state index in [1.807, 2.05) is 0 Å². The molecule has 0 aromatic carbocycles. The Balaban J connectivity index is 1.94. The Bertz CT molecular complexity index is 252. The van der Waals surface area contributed by atoms with Crippen molar-refractivity contribution in [3.05, 3.63) is 0 Å². The zero-order valence-electron chi connectivity index (χ0n) is 9.71. The molecule has 15 heavy (non-hydrogen) atoms. The minimum atomic E-state index is -0.222. The largest absolute Gasteiger partial charge is 0.441 e. The molecule has 1 saturated heterocycles. The van der Waals surface area contributed by atoms with Crippen LogP contribution in [0.15, 0.2) is 0 Å². The lowest BCUT2D eigenvalue weighted by atomic mass is 9.75. The van der Waals surface area contributed by atoms with E-state index < -0.39 is 0 Å². The number of amides is 1. The first kappa shape index (κ1) is 10.8. The van der Waals surface area contributed by atoms with Crippen LogP contribution in [0, 0.1) is 11.8 Å². The Morgan fingerprint density at radius 2 is 2.40 bits per heavy atom. The molecule has 0 aromatic rings. The zero-order chi connectivity index (χ0) is 10.9.